The van der Waals surface area contributed by atoms with E-state index in [1.807, 2.05) is 0 Å². The van der Waals surface area contributed by atoms with Crippen LogP contribution in [0.15, 0.2) is 42.9 Å². The van der Waals surface area contributed by atoms with Crippen molar-refractivity contribution < 1.29 is 14.3 Å². The molecule has 0 saturated heterocycles. The SMILES string of the molecule is C[C@@H](O)CNC(=O)c1cnccc1Nc1nc(-c2cc(Cl)ccc2F)ncc1C1CCCC1. The number of carbonyl (C=O) groups excluding carboxylic acids is 1. The van der Waals surface area contributed by atoms with Gasteiger partial charge in [0.2, 0.25) is 0 Å². The molecule has 1 aliphatic rings. The number of aromatic nitrogens is 3. The summed E-state index contributed by atoms with van der Waals surface area (Å²) >= 11 is 6.07. The molecule has 2 aromatic heterocycles. The Morgan fingerprint density at radius 1 is 1.27 bits per heavy atom. The molecule has 1 saturated carbocycles. The van der Waals surface area contributed by atoms with Crippen molar-refractivity contribution in [2.24, 2.45) is 0 Å². The maximum Gasteiger partial charge on any atom is 0.255 e. The Bertz CT molecular complexity index is 1150. The zero-order valence-electron chi connectivity index (χ0n) is 18.2. The van der Waals surface area contributed by atoms with Crippen molar-refractivity contribution in [2.75, 3.05) is 11.9 Å². The van der Waals surface area contributed by atoms with Gasteiger partial charge >= 0.3 is 0 Å². The molecule has 7 nitrogen and oxygen atoms in total. The van der Waals surface area contributed by atoms with Crippen LogP contribution in [0, 0.1) is 5.82 Å². The molecular formula is C24H25ClFN5O2. The van der Waals surface area contributed by atoms with Crippen LogP contribution in [0.25, 0.3) is 11.4 Å². The van der Waals surface area contributed by atoms with Crippen LogP contribution in [0.3, 0.4) is 0 Å². The van der Waals surface area contributed by atoms with E-state index >= 15 is 0 Å². The lowest BCUT2D eigenvalue weighted by atomic mass is 9.99. The highest BCUT2D eigenvalue weighted by atomic mass is 35.5. The molecule has 1 amide bonds. The lowest BCUT2D eigenvalue weighted by molar-refractivity contribution is 0.0924. The van der Waals surface area contributed by atoms with Gasteiger partial charge in [0.15, 0.2) is 5.82 Å². The van der Waals surface area contributed by atoms with Crippen molar-refractivity contribution in [1.29, 1.82) is 0 Å². The van der Waals surface area contributed by atoms with Crippen LogP contribution in [-0.4, -0.2) is 38.6 Å². The fraction of sp³-hybridized carbons (Fsp3) is 0.333. The van der Waals surface area contributed by atoms with Gasteiger partial charge in [-0.15, -0.1) is 0 Å². The minimum atomic E-state index is -0.673. The number of aliphatic hydroxyl groups is 1. The van der Waals surface area contributed by atoms with Crippen molar-refractivity contribution in [3.8, 4) is 11.4 Å². The van der Waals surface area contributed by atoms with Crippen LogP contribution in [0.2, 0.25) is 5.02 Å². The summed E-state index contributed by atoms with van der Waals surface area (Å²) in [5, 5.41) is 15.8. The quantitative estimate of drug-likeness (QED) is 0.457. The molecule has 1 aliphatic carbocycles. The largest absolute Gasteiger partial charge is 0.392 e. The first-order valence-electron chi connectivity index (χ1n) is 10.9. The Labute approximate surface area is 196 Å². The third-order valence-electron chi connectivity index (χ3n) is 5.66. The zero-order valence-corrected chi connectivity index (χ0v) is 18.9. The number of nitrogens with one attached hydrogen (secondary N) is 2. The van der Waals surface area contributed by atoms with E-state index in [4.69, 9.17) is 11.6 Å². The molecule has 0 spiro atoms. The second-order valence-electron chi connectivity index (χ2n) is 8.21. The minimum absolute atomic E-state index is 0.117. The summed E-state index contributed by atoms with van der Waals surface area (Å²) in [5.41, 5.74) is 1.94. The van der Waals surface area contributed by atoms with Crippen molar-refractivity contribution in [3.63, 3.8) is 0 Å². The predicted octanol–water partition coefficient (Wildman–Crippen LogP) is 4.84. The summed E-state index contributed by atoms with van der Waals surface area (Å²) in [7, 11) is 0. The van der Waals surface area contributed by atoms with Gasteiger partial charge in [0.25, 0.3) is 5.91 Å². The maximum absolute atomic E-state index is 14.5. The van der Waals surface area contributed by atoms with Crippen molar-refractivity contribution >= 4 is 29.0 Å². The van der Waals surface area contributed by atoms with Gasteiger partial charge in [0.05, 0.1) is 22.9 Å². The predicted molar refractivity (Wildman–Crippen MR) is 125 cm³/mol. The van der Waals surface area contributed by atoms with Gasteiger partial charge < -0.3 is 15.7 Å². The monoisotopic (exact) mass is 469 g/mol. The van der Waals surface area contributed by atoms with E-state index in [-0.39, 0.29) is 29.8 Å². The van der Waals surface area contributed by atoms with Gasteiger partial charge in [0.1, 0.15) is 11.6 Å². The summed E-state index contributed by atoms with van der Waals surface area (Å²) < 4.78 is 14.5. The van der Waals surface area contributed by atoms with Crippen LogP contribution in [-0.2, 0) is 0 Å². The molecule has 0 aliphatic heterocycles. The van der Waals surface area contributed by atoms with E-state index in [0.717, 1.165) is 31.2 Å². The highest BCUT2D eigenvalue weighted by molar-refractivity contribution is 6.30. The second kappa shape index (κ2) is 10.2. The van der Waals surface area contributed by atoms with E-state index in [1.165, 1.54) is 24.4 Å². The Hall–Kier alpha value is -3.10. The second-order valence-corrected chi connectivity index (χ2v) is 8.64. The molecule has 1 fully saturated rings. The number of rotatable bonds is 7. The number of halogens is 2. The molecule has 0 bridgehead atoms. The van der Waals surface area contributed by atoms with E-state index in [1.54, 1.807) is 25.4 Å². The van der Waals surface area contributed by atoms with Crippen LogP contribution in [0.1, 0.15) is 54.4 Å². The summed E-state index contributed by atoms with van der Waals surface area (Å²) in [5.74, 6) is 0.153. The van der Waals surface area contributed by atoms with Gasteiger partial charge in [0, 0.05) is 35.7 Å². The van der Waals surface area contributed by atoms with Gasteiger partial charge in [-0.05, 0) is 49.9 Å². The number of carbonyl (C=O) groups is 1. The number of amides is 1. The first-order valence-corrected chi connectivity index (χ1v) is 11.3. The maximum atomic E-state index is 14.5. The molecule has 4 rings (SSSR count). The highest BCUT2D eigenvalue weighted by Crippen LogP contribution is 2.38. The van der Waals surface area contributed by atoms with Gasteiger partial charge in [-0.25, -0.2) is 14.4 Å². The minimum Gasteiger partial charge on any atom is -0.392 e. The standard InChI is InChI=1S/C24H25ClFN5O2/c1-14(32)11-29-24(33)19-12-27-9-8-21(19)30-23-18(15-4-2-3-5-15)13-28-22(31-23)17-10-16(25)6-7-20(17)26/h6-10,12-15,32H,2-5,11H2,1H3,(H,29,33)(H,27,28,30,31)/t14-/m1/s1. The Morgan fingerprint density at radius 2 is 2.06 bits per heavy atom. The summed E-state index contributed by atoms with van der Waals surface area (Å²) in [6, 6.07) is 5.93. The summed E-state index contributed by atoms with van der Waals surface area (Å²) in [6.45, 7) is 1.71. The van der Waals surface area contributed by atoms with E-state index in [0.29, 0.717) is 22.1 Å². The molecule has 172 valence electrons. The van der Waals surface area contributed by atoms with Crippen LogP contribution in [0.5, 0.6) is 0 Å². The van der Waals surface area contributed by atoms with Crippen molar-refractivity contribution in [3.05, 3.63) is 64.8 Å². The first kappa shape index (κ1) is 23.1. The van der Waals surface area contributed by atoms with E-state index in [9.17, 15) is 14.3 Å². The van der Waals surface area contributed by atoms with Crippen molar-refractivity contribution in [1.82, 2.24) is 20.3 Å². The number of benzene rings is 1. The number of hydrogen-bond donors (Lipinski definition) is 3. The fourth-order valence-corrected chi connectivity index (χ4v) is 4.15. The molecule has 9 heteroatoms. The smallest absolute Gasteiger partial charge is 0.255 e. The van der Waals surface area contributed by atoms with Gasteiger partial charge in [-0.1, -0.05) is 24.4 Å². The first-order chi connectivity index (χ1) is 15.9. The van der Waals surface area contributed by atoms with Gasteiger partial charge in [-0.2, -0.15) is 0 Å². The Kier molecular flexibility index (Phi) is 7.15. The molecule has 3 N–H and O–H groups in total. The number of aliphatic hydroxyl groups excluding tert-OH is 1. The third kappa shape index (κ3) is 5.46. The normalized spacial score (nSPS) is 14.8. The van der Waals surface area contributed by atoms with Crippen LogP contribution in [0.4, 0.5) is 15.9 Å². The Balaban J connectivity index is 1.73. The van der Waals surface area contributed by atoms with Crippen LogP contribution >= 0.6 is 11.6 Å². The number of hydrogen-bond acceptors (Lipinski definition) is 6. The lowest BCUT2D eigenvalue weighted by Gasteiger charge is -2.18. The number of anilines is 2. The summed E-state index contributed by atoms with van der Waals surface area (Å²) in [4.78, 5) is 25.8. The molecule has 1 aromatic carbocycles. The lowest BCUT2D eigenvalue weighted by Crippen LogP contribution is -2.31. The van der Waals surface area contributed by atoms with Crippen LogP contribution < -0.4 is 10.6 Å². The third-order valence-corrected chi connectivity index (χ3v) is 5.89. The molecule has 0 radical (unpaired) electrons. The molecular weight excluding hydrogens is 445 g/mol. The van der Waals surface area contributed by atoms with E-state index < -0.39 is 11.9 Å². The highest BCUT2D eigenvalue weighted by Gasteiger charge is 2.24. The molecule has 2 heterocycles. The van der Waals surface area contributed by atoms with Crippen molar-refractivity contribution in [2.45, 2.75) is 44.6 Å². The average molecular weight is 470 g/mol. The Morgan fingerprint density at radius 3 is 2.82 bits per heavy atom. The molecule has 0 unspecified atom stereocenters. The van der Waals surface area contributed by atoms with Gasteiger partial charge in [-0.3, -0.25) is 9.78 Å². The molecule has 1 atom stereocenters. The van der Waals surface area contributed by atoms with E-state index in [2.05, 4.69) is 25.6 Å². The zero-order chi connectivity index (χ0) is 23.4. The fourth-order valence-electron chi connectivity index (χ4n) is 3.97. The molecule has 3 aromatic rings. The molecule has 33 heavy (non-hydrogen) atoms. The number of pyridine rings is 1. The summed E-state index contributed by atoms with van der Waals surface area (Å²) in [6.07, 6.45) is 8.36. The topological polar surface area (TPSA) is 100 Å². The number of nitrogens with zero attached hydrogens (tertiary/aromatic N) is 3. The average Bonchev–Trinajstić information content (AvgIpc) is 3.34.